The summed E-state index contributed by atoms with van der Waals surface area (Å²) in [5.74, 6) is -0.833. The van der Waals surface area contributed by atoms with Crippen LogP contribution in [0.25, 0.3) is 10.9 Å². The summed E-state index contributed by atoms with van der Waals surface area (Å²) >= 11 is 0. The van der Waals surface area contributed by atoms with Crippen molar-refractivity contribution < 1.29 is 19.0 Å². The smallest absolute Gasteiger partial charge is 0.418 e. The van der Waals surface area contributed by atoms with E-state index >= 15 is 0 Å². The summed E-state index contributed by atoms with van der Waals surface area (Å²) < 4.78 is 19.3. The van der Waals surface area contributed by atoms with Crippen molar-refractivity contribution in [1.82, 2.24) is 4.57 Å². The first kappa shape index (κ1) is 10.5. The van der Waals surface area contributed by atoms with E-state index in [1.165, 1.54) is 13.2 Å². The monoisotopic (exact) mass is 223 g/mol. The third-order valence-corrected chi connectivity index (χ3v) is 2.38. The third-order valence-electron chi connectivity index (χ3n) is 2.38. The van der Waals surface area contributed by atoms with Crippen LogP contribution in [0.5, 0.6) is 5.75 Å². The van der Waals surface area contributed by atoms with Crippen molar-refractivity contribution in [2.24, 2.45) is 0 Å². The van der Waals surface area contributed by atoms with Gasteiger partial charge in [-0.05, 0) is 19.1 Å². The average Bonchev–Trinajstić information content (AvgIpc) is 2.53. The molecule has 0 spiro atoms. The number of methoxy groups -OCH3 is 1. The van der Waals surface area contributed by atoms with E-state index < -0.39 is 11.9 Å². The summed E-state index contributed by atoms with van der Waals surface area (Å²) in [6.07, 6.45) is -0.655. The number of aromatic nitrogens is 1. The van der Waals surface area contributed by atoms with Crippen molar-refractivity contribution in [1.29, 1.82) is 0 Å². The highest BCUT2D eigenvalue weighted by Crippen LogP contribution is 2.26. The quantitative estimate of drug-likeness (QED) is 0.746. The number of halogens is 1. The van der Waals surface area contributed by atoms with Crippen molar-refractivity contribution in [3.63, 3.8) is 0 Å². The van der Waals surface area contributed by atoms with Crippen LogP contribution in [0.15, 0.2) is 18.2 Å². The zero-order valence-electron chi connectivity index (χ0n) is 8.82. The second kappa shape index (κ2) is 3.52. The predicted molar refractivity (Wildman–Crippen MR) is 56.1 cm³/mol. The molecule has 1 aromatic carbocycles. The Labute approximate surface area is 90.9 Å². The SMILES string of the molecule is COC(=O)n1c(C)cc2cc(O)cc(F)c21. The number of fused-ring (bicyclic) bond motifs is 1. The molecule has 0 atom stereocenters. The van der Waals surface area contributed by atoms with Crippen LogP contribution in [0, 0.1) is 12.7 Å². The Morgan fingerprint density at radius 1 is 1.44 bits per heavy atom. The van der Waals surface area contributed by atoms with E-state index in [0.29, 0.717) is 11.1 Å². The molecule has 0 aliphatic heterocycles. The third kappa shape index (κ3) is 1.41. The number of hydrogen-bond donors (Lipinski definition) is 1. The summed E-state index contributed by atoms with van der Waals surface area (Å²) in [6.45, 7) is 1.66. The molecule has 1 heterocycles. The highest BCUT2D eigenvalue weighted by molar-refractivity contribution is 5.91. The van der Waals surface area contributed by atoms with Gasteiger partial charge in [-0.2, -0.15) is 0 Å². The van der Waals surface area contributed by atoms with E-state index in [4.69, 9.17) is 0 Å². The number of ether oxygens (including phenoxy) is 1. The van der Waals surface area contributed by atoms with Gasteiger partial charge in [0.25, 0.3) is 0 Å². The van der Waals surface area contributed by atoms with Gasteiger partial charge in [0.05, 0.1) is 12.6 Å². The second-order valence-electron chi connectivity index (χ2n) is 3.46. The molecule has 2 aromatic rings. The van der Waals surface area contributed by atoms with E-state index in [-0.39, 0.29) is 11.3 Å². The number of nitrogens with zero attached hydrogens (tertiary/aromatic N) is 1. The molecule has 0 unspecified atom stereocenters. The van der Waals surface area contributed by atoms with Gasteiger partial charge in [0.15, 0.2) is 5.82 Å². The van der Waals surface area contributed by atoms with Crippen LogP contribution in [0.4, 0.5) is 9.18 Å². The number of benzene rings is 1. The highest BCUT2D eigenvalue weighted by Gasteiger charge is 2.16. The molecule has 4 nitrogen and oxygen atoms in total. The Kier molecular flexibility index (Phi) is 2.30. The van der Waals surface area contributed by atoms with Crippen molar-refractivity contribution >= 4 is 17.0 Å². The van der Waals surface area contributed by atoms with Gasteiger partial charge in [0, 0.05) is 17.1 Å². The number of aromatic hydroxyl groups is 1. The molecule has 84 valence electrons. The average molecular weight is 223 g/mol. The molecule has 0 saturated heterocycles. The van der Waals surface area contributed by atoms with Crippen molar-refractivity contribution in [2.75, 3.05) is 7.11 Å². The zero-order valence-corrected chi connectivity index (χ0v) is 8.82. The van der Waals surface area contributed by atoms with E-state index in [9.17, 15) is 14.3 Å². The summed E-state index contributed by atoms with van der Waals surface area (Å²) in [5.41, 5.74) is 0.661. The van der Waals surface area contributed by atoms with Crippen LogP contribution in [0.2, 0.25) is 0 Å². The Hall–Kier alpha value is -2.04. The first-order chi connectivity index (χ1) is 7.54. The van der Waals surface area contributed by atoms with Gasteiger partial charge < -0.3 is 9.84 Å². The minimum Gasteiger partial charge on any atom is -0.508 e. The number of hydrogen-bond acceptors (Lipinski definition) is 3. The van der Waals surface area contributed by atoms with Crippen LogP contribution in [0.3, 0.4) is 0 Å². The molecule has 0 amide bonds. The molecule has 1 N–H and O–H groups in total. The fourth-order valence-electron chi connectivity index (χ4n) is 1.74. The maximum absolute atomic E-state index is 13.6. The van der Waals surface area contributed by atoms with Gasteiger partial charge in [-0.15, -0.1) is 0 Å². The number of rotatable bonds is 0. The molecule has 2 rings (SSSR count). The van der Waals surface area contributed by atoms with Gasteiger partial charge in [0.1, 0.15) is 5.75 Å². The first-order valence-corrected chi connectivity index (χ1v) is 4.63. The minimum absolute atomic E-state index is 0.113. The van der Waals surface area contributed by atoms with Crippen molar-refractivity contribution in [2.45, 2.75) is 6.92 Å². The number of carbonyl (C=O) groups is 1. The van der Waals surface area contributed by atoms with Crippen molar-refractivity contribution in [3.05, 3.63) is 29.7 Å². The number of phenols is 1. The molecule has 16 heavy (non-hydrogen) atoms. The van der Waals surface area contributed by atoms with Gasteiger partial charge in [-0.3, -0.25) is 0 Å². The summed E-state index contributed by atoms with van der Waals surface area (Å²) in [6, 6.07) is 3.96. The Morgan fingerprint density at radius 2 is 2.12 bits per heavy atom. The summed E-state index contributed by atoms with van der Waals surface area (Å²) in [5, 5.41) is 9.70. The van der Waals surface area contributed by atoms with Crippen LogP contribution >= 0.6 is 0 Å². The lowest BCUT2D eigenvalue weighted by molar-refractivity contribution is 0.173. The van der Waals surface area contributed by atoms with Crippen LogP contribution in [-0.2, 0) is 4.74 Å². The van der Waals surface area contributed by atoms with Gasteiger partial charge in [0.2, 0.25) is 0 Å². The fourth-order valence-corrected chi connectivity index (χ4v) is 1.74. The van der Waals surface area contributed by atoms with E-state index in [2.05, 4.69) is 4.74 Å². The molecule has 0 saturated carbocycles. The molecular formula is C11H10FNO3. The molecule has 5 heteroatoms. The molecule has 0 radical (unpaired) electrons. The minimum atomic E-state index is -0.659. The van der Waals surface area contributed by atoms with Gasteiger partial charge in [-0.1, -0.05) is 0 Å². The fraction of sp³-hybridized carbons (Fsp3) is 0.182. The molecule has 0 fully saturated rings. The summed E-state index contributed by atoms with van der Waals surface area (Å²) in [7, 11) is 1.23. The van der Waals surface area contributed by atoms with Gasteiger partial charge in [-0.25, -0.2) is 13.8 Å². The van der Waals surface area contributed by atoms with E-state index in [1.807, 2.05) is 0 Å². The van der Waals surface area contributed by atoms with Gasteiger partial charge >= 0.3 is 6.09 Å². The standard InChI is InChI=1S/C11H10FNO3/c1-6-3-7-4-8(14)5-9(12)10(7)13(6)11(15)16-2/h3-5,14H,1-2H3. The maximum Gasteiger partial charge on any atom is 0.418 e. The molecule has 0 bridgehead atoms. The van der Waals surface area contributed by atoms with E-state index in [0.717, 1.165) is 10.6 Å². The normalized spacial score (nSPS) is 10.7. The number of phenolic OH excluding ortho intramolecular Hbond substituents is 1. The topological polar surface area (TPSA) is 51.5 Å². The molecule has 0 aliphatic carbocycles. The number of aryl methyl sites for hydroxylation is 1. The Bertz CT molecular complexity index is 574. The molecule has 0 aliphatic rings. The molecule has 1 aromatic heterocycles. The predicted octanol–water partition coefficient (Wildman–Crippen LogP) is 2.41. The van der Waals surface area contributed by atoms with Crippen molar-refractivity contribution in [3.8, 4) is 5.75 Å². The second-order valence-corrected chi connectivity index (χ2v) is 3.46. The molecular weight excluding hydrogens is 213 g/mol. The lowest BCUT2D eigenvalue weighted by atomic mass is 10.2. The van der Waals surface area contributed by atoms with Crippen LogP contribution in [0.1, 0.15) is 5.69 Å². The Balaban J connectivity index is 2.84. The number of carbonyl (C=O) groups excluding carboxylic acids is 1. The summed E-state index contributed by atoms with van der Waals surface area (Å²) in [4.78, 5) is 11.5. The first-order valence-electron chi connectivity index (χ1n) is 4.63. The lowest BCUT2D eigenvalue weighted by Gasteiger charge is -2.05. The maximum atomic E-state index is 13.6. The largest absolute Gasteiger partial charge is 0.508 e. The van der Waals surface area contributed by atoms with Crippen LogP contribution in [-0.4, -0.2) is 22.9 Å². The lowest BCUT2D eigenvalue weighted by Crippen LogP contribution is -2.13. The zero-order chi connectivity index (χ0) is 11.9. The highest BCUT2D eigenvalue weighted by atomic mass is 19.1. The Morgan fingerprint density at radius 3 is 2.75 bits per heavy atom. The van der Waals surface area contributed by atoms with Crippen LogP contribution < -0.4 is 0 Å². The van der Waals surface area contributed by atoms with E-state index in [1.54, 1.807) is 13.0 Å².